The van der Waals surface area contributed by atoms with Crippen LogP contribution in [0.3, 0.4) is 0 Å². The number of thioether (sulfide) groups is 1. The molecular weight excluding hydrogens is 412 g/mol. The molecule has 1 aromatic heterocycles. The molecule has 6 heteroatoms. The van der Waals surface area contributed by atoms with Crippen molar-refractivity contribution in [2.24, 2.45) is 4.99 Å². The number of carbonyl (C=O) groups excluding carboxylic acids is 1. The summed E-state index contributed by atoms with van der Waals surface area (Å²) in [5.41, 5.74) is 3.83. The minimum atomic E-state index is -0.231. The van der Waals surface area contributed by atoms with E-state index in [0.29, 0.717) is 10.4 Å². The van der Waals surface area contributed by atoms with Gasteiger partial charge in [-0.2, -0.15) is 16.8 Å². The van der Waals surface area contributed by atoms with E-state index in [-0.39, 0.29) is 5.91 Å². The van der Waals surface area contributed by atoms with Crippen LogP contribution < -0.4 is 9.54 Å². The second kappa shape index (κ2) is 9.32. The fourth-order valence-corrected chi connectivity index (χ4v) is 4.65. The molecule has 0 aliphatic carbocycles. The predicted molar refractivity (Wildman–Crippen MR) is 127 cm³/mol. The monoisotopic (exact) mass is 434 g/mol. The van der Waals surface area contributed by atoms with Gasteiger partial charge in [-0.25, -0.2) is 0 Å². The summed E-state index contributed by atoms with van der Waals surface area (Å²) in [5.74, 6) is 1.51. The van der Waals surface area contributed by atoms with E-state index in [9.17, 15) is 4.79 Å². The number of thiazole rings is 1. The van der Waals surface area contributed by atoms with Crippen LogP contribution in [0, 0.1) is 0 Å². The topological polar surface area (TPSA) is 43.6 Å². The Morgan fingerprint density at radius 1 is 1.03 bits per heavy atom. The van der Waals surface area contributed by atoms with Gasteiger partial charge in [0.15, 0.2) is 4.80 Å². The van der Waals surface area contributed by atoms with E-state index in [2.05, 4.69) is 27.9 Å². The number of hydrogen-bond donors (Lipinski definition) is 0. The minimum absolute atomic E-state index is 0.231. The van der Waals surface area contributed by atoms with Crippen LogP contribution in [-0.2, 0) is 6.54 Å². The van der Waals surface area contributed by atoms with E-state index in [1.807, 2.05) is 60.7 Å². The summed E-state index contributed by atoms with van der Waals surface area (Å²) in [6, 6.07) is 23.7. The number of nitrogens with zero attached hydrogens (tertiary/aromatic N) is 2. The minimum Gasteiger partial charge on any atom is -0.497 e. The average Bonchev–Trinajstić information content (AvgIpc) is 3.14. The molecule has 4 aromatic rings. The molecule has 0 unspecified atom stereocenters. The van der Waals surface area contributed by atoms with Gasteiger partial charge >= 0.3 is 0 Å². The lowest BCUT2D eigenvalue weighted by Crippen LogP contribution is -2.18. The smallest absolute Gasteiger partial charge is 0.279 e. The van der Waals surface area contributed by atoms with E-state index in [4.69, 9.17) is 4.74 Å². The molecule has 30 heavy (non-hydrogen) atoms. The quantitative estimate of drug-likeness (QED) is 0.403. The third kappa shape index (κ3) is 4.35. The Balaban J connectivity index is 1.70. The molecule has 0 N–H and O–H groups in total. The molecule has 0 fully saturated rings. The lowest BCUT2D eigenvalue weighted by Gasteiger charge is -2.05. The average molecular weight is 435 g/mol. The molecule has 1 amide bonds. The van der Waals surface area contributed by atoms with Gasteiger partial charge in [0.1, 0.15) is 5.75 Å². The van der Waals surface area contributed by atoms with Gasteiger partial charge < -0.3 is 9.30 Å². The Labute approximate surface area is 183 Å². The van der Waals surface area contributed by atoms with Crippen LogP contribution in [0.15, 0.2) is 77.8 Å². The van der Waals surface area contributed by atoms with Gasteiger partial charge in [-0.05, 0) is 41.6 Å². The summed E-state index contributed by atoms with van der Waals surface area (Å²) >= 11 is 3.29. The number of methoxy groups -OCH3 is 1. The Morgan fingerprint density at radius 3 is 2.47 bits per heavy atom. The highest BCUT2D eigenvalue weighted by Crippen LogP contribution is 2.24. The Hall–Kier alpha value is -2.83. The fraction of sp³-hybridized carbons (Fsp3) is 0.167. The van der Waals surface area contributed by atoms with E-state index < -0.39 is 0 Å². The first-order valence-electron chi connectivity index (χ1n) is 9.60. The maximum Gasteiger partial charge on any atom is 0.279 e. The van der Waals surface area contributed by atoms with Gasteiger partial charge in [-0.1, -0.05) is 53.8 Å². The molecule has 4 nitrogen and oxygen atoms in total. The summed E-state index contributed by atoms with van der Waals surface area (Å²) in [4.78, 5) is 18.1. The Morgan fingerprint density at radius 2 is 1.77 bits per heavy atom. The molecule has 1 heterocycles. The molecule has 0 atom stereocenters. The van der Waals surface area contributed by atoms with Crippen molar-refractivity contribution in [3.8, 4) is 16.9 Å². The second-order valence-corrected chi connectivity index (χ2v) is 8.72. The molecule has 3 aromatic carbocycles. The number of benzene rings is 3. The molecule has 152 valence electrons. The van der Waals surface area contributed by atoms with Crippen molar-refractivity contribution in [2.75, 3.05) is 19.1 Å². The van der Waals surface area contributed by atoms with Crippen molar-refractivity contribution in [3.05, 3.63) is 83.2 Å². The zero-order valence-electron chi connectivity index (χ0n) is 16.9. The number of aromatic nitrogens is 1. The van der Waals surface area contributed by atoms with Crippen molar-refractivity contribution in [3.63, 3.8) is 0 Å². The highest BCUT2D eigenvalue weighted by Gasteiger charge is 2.10. The Bertz CT molecular complexity index is 1230. The normalized spacial score (nSPS) is 11.7. The van der Waals surface area contributed by atoms with E-state index in [0.717, 1.165) is 39.4 Å². The molecule has 0 spiro atoms. The summed E-state index contributed by atoms with van der Waals surface area (Å²) in [6.07, 6.45) is 2.08. The van der Waals surface area contributed by atoms with Crippen LogP contribution in [0.2, 0.25) is 0 Å². The van der Waals surface area contributed by atoms with Gasteiger partial charge in [-0.15, -0.1) is 0 Å². The van der Waals surface area contributed by atoms with E-state index in [1.54, 1.807) is 18.9 Å². The zero-order chi connectivity index (χ0) is 20.9. The number of aryl methyl sites for hydroxylation is 1. The molecule has 0 bridgehead atoms. The first-order valence-corrected chi connectivity index (χ1v) is 11.8. The maximum absolute atomic E-state index is 12.9. The van der Waals surface area contributed by atoms with Crippen LogP contribution in [0.5, 0.6) is 5.75 Å². The van der Waals surface area contributed by atoms with Gasteiger partial charge in [0, 0.05) is 23.9 Å². The van der Waals surface area contributed by atoms with Gasteiger partial charge in [-0.3, -0.25) is 4.79 Å². The van der Waals surface area contributed by atoms with Crippen molar-refractivity contribution >= 4 is 39.2 Å². The summed E-state index contributed by atoms with van der Waals surface area (Å²) in [5, 5.41) is 0. The number of hydrogen-bond acceptors (Lipinski definition) is 4. The third-order valence-corrected chi connectivity index (χ3v) is 6.49. The summed E-state index contributed by atoms with van der Waals surface area (Å²) < 4.78 is 8.57. The number of rotatable bonds is 6. The lowest BCUT2D eigenvalue weighted by atomic mass is 10.0. The number of ether oxygens (including phenoxy) is 1. The second-order valence-electron chi connectivity index (χ2n) is 6.72. The molecular formula is C24H22N2O2S2. The highest BCUT2D eigenvalue weighted by molar-refractivity contribution is 7.98. The maximum atomic E-state index is 12.9. The third-order valence-electron chi connectivity index (χ3n) is 4.84. The van der Waals surface area contributed by atoms with Crippen LogP contribution in [0.1, 0.15) is 10.4 Å². The van der Waals surface area contributed by atoms with Crippen LogP contribution >= 0.6 is 23.1 Å². The number of amides is 1. The number of fused-ring (bicyclic) bond motifs is 1. The van der Waals surface area contributed by atoms with Crippen molar-refractivity contribution in [1.29, 1.82) is 0 Å². The van der Waals surface area contributed by atoms with Gasteiger partial charge in [0.05, 0.1) is 17.3 Å². The molecule has 4 rings (SSSR count). The Kier molecular flexibility index (Phi) is 6.35. The standard InChI is InChI=1S/C24H22N2O2S2/c1-28-20-12-13-22-21(16-20)26(14-15-29-2)24(30-22)25-23(27)19-10-8-18(9-11-19)17-6-4-3-5-7-17/h3-13,16H,14-15H2,1-2H3. The van der Waals surface area contributed by atoms with Crippen molar-refractivity contribution in [2.45, 2.75) is 6.54 Å². The van der Waals surface area contributed by atoms with Crippen LogP contribution in [0.25, 0.3) is 21.3 Å². The lowest BCUT2D eigenvalue weighted by molar-refractivity contribution is 0.0998. The SMILES string of the molecule is COc1ccc2sc(=NC(=O)c3ccc(-c4ccccc4)cc3)n(CCSC)c2c1. The molecule has 0 aliphatic rings. The van der Waals surface area contributed by atoms with Gasteiger partial charge in [0.2, 0.25) is 0 Å². The van der Waals surface area contributed by atoms with E-state index in [1.165, 1.54) is 11.3 Å². The fourth-order valence-electron chi connectivity index (χ4n) is 3.25. The van der Waals surface area contributed by atoms with Crippen molar-refractivity contribution < 1.29 is 9.53 Å². The number of carbonyl (C=O) groups is 1. The van der Waals surface area contributed by atoms with Crippen LogP contribution in [-0.4, -0.2) is 29.6 Å². The summed E-state index contributed by atoms with van der Waals surface area (Å²) in [7, 11) is 1.66. The summed E-state index contributed by atoms with van der Waals surface area (Å²) in [6.45, 7) is 0.785. The molecule has 0 radical (unpaired) electrons. The largest absolute Gasteiger partial charge is 0.497 e. The molecule has 0 aliphatic heterocycles. The first-order chi connectivity index (χ1) is 14.7. The van der Waals surface area contributed by atoms with Gasteiger partial charge in [0.25, 0.3) is 5.91 Å². The van der Waals surface area contributed by atoms with Crippen LogP contribution in [0.4, 0.5) is 0 Å². The molecule has 0 saturated heterocycles. The zero-order valence-corrected chi connectivity index (χ0v) is 18.5. The molecule has 0 saturated carbocycles. The highest BCUT2D eigenvalue weighted by atomic mass is 32.2. The van der Waals surface area contributed by atoms with E-state index >= 15 is 0 Å². The first kappa shape index (κ1) is 20.4. The predicted octanol–water partition coefficient (Wildman–Crippen LogP) is 5.48. The van der Waals surface area contributed by atoms with Crippen molar-refractivity contribution in [1.82, 2.24) is 4.57 Å².